The van der Waals surface area contributed by atoms with Gasteiger partial charge in [-0.2, -0.15) is 4.68 Å². The average molecular weight is 244 g/mol. The lowest BCUT2D eigenvalue weighted by Crippen LogP contribution is -2.67. The van der Waals surface area contributed by atoms with Crippen molar-refractivity contribution in [1.29, 1.82) is 0 Å². The number of rotatable bonds is 2. The molecule has 3 saturated heterocycles. The van der Waals surface area contributed by atoms with Crippen molar-refractivity contribution in [2.75, 3.05) is 39.3 Å². The van der Waals surface area contributed by atoms with Crippen LogP contribution in [0, 0.1) is 0 Å². The van der Waals surface area contributed by atoms with Crippen LogP contribution in [0.15, 0.2) is 24.3 Å². The molecule has 0 aliphatic carbocycles. The van der Waals surface area contributed by atoms with Crippen molar-refractivity contribution < 1.29 is 4.48 Å². The minimum atomic E-state index is 0.981. The summed E-state index contributed by atoms with van der Waals surface area (Å²) < 4.78 is 3.28. The molecule has 0 unspecified atom stereocenters. The molecule has 3 fully saturated rings. The highest BCUT2D eigenvalue weighted by atomic mass is 15.6. The highest BCUT2D eigenvalue weighted by Gasteiger charge is 2.38. The van der Waals surface area contributed by atoms with Crippen LogP contribution in [0.2, 0.25) is 0 Å². The summed E-state index contributed by atoms with van der Waals surface area (Å²) in [6.07, 6.45) is 0. The number of hydrogen-bond acceptors (Lipinski definition) is 3. The van der Waals surface area contributed by atoms with Crippen molar-refractivity contribution in [3.05, 3.63) is 24.3 Å². The molecule has 0 N–H and O–H groups in total. The van der Waals surface area contributed by atoms with Crippen LogP contribution >= 0.6 is 0 Å². The van der Waals surface area contributed by atoms with Crippen molar-refractivity contribution in [3.63, 3.8) is 0 Å². The van der Waals surface area contributed by atoms with Crippen LogP contribution in [0.25, 0.3) is 11.0 Å². The number of nitrogens with zero attached hydrogens (tertiary/aromatic N) is 5. The van der Waals surface area contributed by atoms with E-state index in [4.69, 9.17) is 0 Å². The molecule has 2 aromatic rings. The van der Waals surface area contributed by atoms with E-state index in [2.05, 4.69) is 32.0 Å². The number of piperazine rings is 3. The summed E-state index contributed by atoms with van der Waals surface area (Å²) in [5.41, 5.74) is 2.17. The minimum Gasteiger partial charge on any atom is -0.302 e. The molecule has 0 spiro atoms. The number of hydrogen-bond donors (Lipinski definition) is 0. The molecule has 5 nitrogen and oxygen atoms in total. The molecule has 0 amide bonds. The lowest BCUT2D eigenvalue weighted by molar-refractivity contribution is -0.961. The van der Waals surface area contributed by atoms with Crippen molar-refractivity contribution in [2.45, 2.75) is 6.67 Å². The molecule has 1 aromatic carbocycles. The van der Waals surface area contributed by atoms with Crippen LogP contribution in [-0.2, 0) is 6.67 Å². The molecule has 0 saturated carbocycles. The molecule has 0 radical (unpaired) electrons. The van der Waals surface area contributed by atoms with Gasteiger partial charge in [0.2, 0.25) is 0 Å². The second-order valence-electron chi connectivity index (χ2n) is 5.57. The first-order chi connectivity index (χ1) is 8.85. The zero-order chi connectivity index (χ0) is 12.0. The lowest BCUT2D eigenvalue weighted by atomic mass is 10.2. The molecule has 5 rings (SSSR count). The van der Waals surface area contributed by atoms with Gasteiger partial charge in [-0.1, -0.05) is 17.3 Å². The number of benzene rings is 1. The molecule has 94 valence electrons. The molecular weight excluding hydrogens is 226 g/mol. The Kier molecular flexibility index (Phi) is 2.19. The summed E-state index contributed by atoms with van der Waals surface area (Å²) in [4.78, 5) is 2.57. The Morgan fingerprint density at radius 1 is 1.06 bits per heavy atom. The number of quaternary nitrogens is 1. The fourth-order valence-corrected chi connectivity index (χ4v) is 3.25. The smallest absolute Gasteiger partial charge is 0.177 e. The average Bonchev–Trinajstić information content (AvgIpc) is 2.84. The Morgan fingerprint density at radius 2 is 1.78 bits per heavy atom. The third kappa shape index (κ3) is 1.54. The van der Waals surface area contributed by atoms with Crippen molar-refractivity contribution in [2.24, 2.45) is 0 Å². The van der Waals surface area contributed by atoms with E-state index in [0.717, 1.165) is 17.7 Å². The monoisotopic (exact) mass is 244 g/mol. The van der Waals surface area contributed by atoms with Gasteiger partial charge in [0.1, 0.15) is 5.52 Å². The van der Waals surface area contributed by atoms with E-state index in [-0.39, 0.29) is 0 Å². The van der Waals surface area contributed by atoms with Crippen LogP contribution in [0.1, 0.15) is 0 Å². The standard InChI is InChI=1S/C13H18N5/c1-2-4-13-12(3-1)14-15-17(13)11-18-8-5-16(6-9-18)7-10-18/h1-4H,5-11H2/q+1. The largest absolute Gasteiger partial charge is 0.302 e. The molecule has 18 heavy (non-hydrogen) atoms. The fraction of sp³-hybridized carbons (Fsp3) is 0.538. The van der Waals surface area contributed by atoms with Crippen LogP contribution in [-0.4, -0.2) is 63.6 Å². The van der Waals surface area contributed by atoms with Gasteiger partial charge in [-0.25, -0.2) is 0 Å². The molecule has 0 atom stereocenters. The maximum atomic E-state index is 4.34. The Labute approximate surface area is 106 Å². The normalized spacial score (nSPS) is 31.0. The molecule has 3 aliphatic heterocycles. The first-order valence-electron chi connectivity index (χ1n) is 6.70. The van der Waals surface area contributed by atoms with Crippen molar-refractivity contribution in [1.82, 2.24) is 19.9 Å². The van der Waals surface area contributed by atoms with E-state index in [1.54, 1.807) is 0 Å². The van der Waals surface area contributed by atoms with Gasteiger partial charge in [-0.05, 0) is 12.1 Å². The van der Waals surface area contributed by atoms with Gasteiger partial charge in [-0.3, -0.25) is 4.90 Å². The van der Waals surface area contributed by atoms with Gasteiger partial charge in [-0.15, -0.1) is 5.10 Å². The lowest BCUT2D eigenvalue weighted by Gasteiger charge is -2.50. The Balaban J connectivity index is 1.67. The first kappa shape index (κ1) is 10.5. The Bertz CT molecular complexity index is 554. The quantitative estimate of drug-likeness (QED) is 0.723. The van der Waals surface area contributed by atoms with Crippen molar-refractivity contribution in [3.8, 4) is 0 Å². The van der Waals surface area contributed by atoms with E-state index in [0.29, 0.717) is 0 Å². The first-order valence-corrected chi connectivity index (χ1v) is 6.70. The van der Waals surface area contributed by atoms with E-state index >= 15 is 0 Å². The molecule has 3 aliphatic rings. The topological polar surface area (TPSA) is 34.0 Å². The number of aromatic nitrogens is 3. The maximum absolute atomic E-state index is 4.34. The summed E-state index contributed by atoms with van der Waals surface area (Å²) in [5.74, 6) is 0. The number of fused-ring (bicyclic) bond motifs is 4. The van der Waals surface area contributed by atoms with E-state index in [9.17, 15) is 0 Å². The van der Waals surface area contributed by atoms with Gasteiger partial charge < -0.3 is 4.48 Å². The van der Waals surface area contributed by atoms with Crippen LogP contribution in [0.4, 0.5) is 0 Å². The molecular formula is C13H18N5+. The van der Waals surface area contributed by atoms with E-state index in [1.165, 1.54) is 43.8 Å². The van der Waals surface area contributed by atoms with Crippen LogP contribution < -0.4 is 0 Å². The second-order valence-corrected chi connectivity index (χ2v) is 5.57. The highest BCUT2D eigenvalue weighted by molar-refractivity contribution is 5.73. The SMILES string of the molecule is c1ccc2c(c1)nnn2C[N+]12CCN(CC1)CC2. The van der Waals surface area contributed by atoms with E-state index < -0.39 is 0 Å². The molecule has 4 heterocycles. The minimum absolute atomic E-state index is 0.981. The van der Waals surface area contributed by atoms with Crippen LogP contribution in [0.5, 0.6) is 0 Å². The van der Waals surface area contributed by atoms with Gasteiger partial charge in [0, 0.05) is 19.6 Å². The summed E-state index contributed by atoms with van der Waals surface area (Å²) >= 11 is 0. The summed E-state index contributed by atoms with van der Waals surface area (Å²) in [6, 6.07) is 8.24. The summed E-state index contributed by atoms with van der Waals surface area (Å²) in [7, 11) is 0. The zero-order valence-corrected chi connectivity index (χ0v) is 10.5. The van der Waals surface area contributed by atoms with E-state index in [1.807, 2.05) is 12.1 Å². The fourth-order valence-electron chi connectivity index (χ4n) is 3.25. The summed E-state index contributed by atoms with van der Waals surface area (Å²) in [5, 5.41) is 8.59. The maximum Gasteiger partial charge on any atom is 0.177 e. The van der Waals surface area contributed by atoms with Gasteiger partial charge in [0.25, 0.3) is 0 Å². The summed E-state index contributed by atoms with van der Waals surface area (Å²) in [6.45, 7) is 8.48. The van der Waals surface area contributed by atoms with Crippen molar-refractivity contribution >= 4 is 11.0 Å². The second kappa shape index (κ2) is 3.76. The number of para-hydroxylation sites is 1. The predicted molar refractivity (Wildman–Crippen MR) is 68.8 cm³/mol. The molecule has 5 heteroatoms. The predicted octanol–water partition coefficient (Wildman–Crippen LogP) is 0.535. The zero-order valence-electron chi connectivity index (χ0n) is 10.5. The van der Waals surface area contributed by atoms with Crippen LogP contribution in [0.3, 0.4) is 0 Å². The highest BCUT2D eigenvalue weighted by Crippen LogP contribution is 2.22. The molecule has 2 bridgehead atoms. The third-order valence-electron chi connectivity index (χ3n) is 4.53. The third-order valence-corrected chi connectivity index (χ3v) is 4.53. The Hall–Kier alpha value is -1.46. The van der Waals surface area contributed by atoms with Gasteiger partial charge in [0.15, 0.2) is 6.67 Å². The Morgan fingerprint density at radius 3 is 2.56 bits per heavy atom. The molecule has 1 aromatic heterocycles. The van der Waals surface area contributed by atoms with Gasteiger partial charge >= 0.3 is 0 Å². The van der Waals surface area contributed by atoms with Gasteiger partial charge in [0.05, 0.1) is 25.2 Å².